The Morgan fingerprint density at radius 1 is 0.760 bits per heavy atom. The highest BCUT2D eigenvalue weighted by Gasteiger charge is 2.34. The predicted octanol–water partition coefficient (Wildman–Crippen LogP) is 7.06. The van der Waals surface area contributed by atoms with Gasteiger partial charge in [-0.1, -0.05) is 67.2 Å². The summed E-state index contributed by atoms with van der Waals surface area (Å²) < 4.78 is 1.44. The molecule has 0 bridgehead atoms. The lowest BCUT2D eigenvalue weighted by molar-refractivity contribution is -0.952. The summed E-state index contributed by atoms with van der Waals surface area (Å²) in [6.45, 7) is 18.5. The number of unbranched alkanes of at least 4 members (excludes halogenated alkanes) is 3. The van der Waals surface area contributed by atoms with Crippen LogP contribution in [-0.2, 0) is 0 Å². The van der Waals surface area contributed by atoms with Gasteiger partial charge in [0.1, 0.15) is 0 Å². The molecule has 0 N–H and O–H groups in total. The average molecular weight is 359 g/mol. The molecule has 0 aromatic rings. The van der Waals surface area contributed by atoms with Gasteiger partial charge in [0.2, 0.25) is 0 Å². The van der Waals surface area contributed by atoms with Crippen molar-refractivity contribution in [1.29, 1.82) is 0 Å². The Kier molecular flexibility index (Phi) is 19.3. The maximum absolute atomic E-state index is 8.00. The molecular weight excluding hydrogens is 312 g/mol. The van der Waals surface area contributed by atoms with Crippen molar-refractivity contribution in [2.45, 2.75) is 112 Å². The van der Waals surface area contributed by atoms with E-state index in [1.54, 1.807) is 0 Å². The molecule has 152 valence electrons. The Bertz CT molecular complexity index is 261. The van der Waals surface area contributed by atoms with E-state index in [-0.39, 0.29) is 0 Å². The van der Waals surface area contributed by atoms with Crippen molar-refractivity contribution >= 4 is 0 Å². The molecule has 0 aliphatic rings. The van der Waals surface area contributed by atoms with E-state index in [9.17, 15) is 0 Å². The van der Waals surface area contributed by atoms with Crippen molar-refractivity contribution in [2.75, 3.05) is 19.6 Å². The van der Waals surface area contributed by atoms with E-state index < -0.39 is 0 Å². The highest BCUT2D eigenvalue weighted by Crippen LogP contribution is 2.27. The fourth-order valence-corrected chi connectivity index (χ4v) is 3.85. The minimum Gasteiger partial charge on any atom is -0.444 e. The van der Waals surface area contributed by atoms with Crippen LogP contribution in [-0.4, -0.2) is 30.2 Å². The number of hydrogen-bond acceptors (Lipinski definition) is 3. The average Bonchev–Trinajstić information content (AvgIpc) is 2.59. The van der Waals surface area contributed by atoms with Crippen LogP contribution in [0.4, 0.5) is 0 Å². The van der Waals surface area contributed by atoms with Gasteiger partial charge in [-0.05, 0) is 44.4 Å². The summed E-state index contributed by atoms with van der Waals surface area (Å²) in [5.41, 5.74) is 0. The topological polar surface area (TPSA) is 52.5 Å². The third-order valence-electron chi connectivity index (χ3n) is 5.34. The van der Waals surface area contributed by atoms with Gasteiger partial charge in [0.05, 0.1) is 25.7 Å². The van der Waals surface area contributed by atoms with Gasteiger partial charge >= 0.3 is 0 Å². The maximum Gasteiger partial charge on any atom is 0.0890 e. The van der Waals surface area contributed by atoms with E-state index in [1.165, 1.54) is 88.3 Å². The third kappa shape index (κ3) is 13.3. The molecule has 0 aliphatic carbocycles. The minimum atomic E-state index is 0.852. The summed E-state index contributed by atoms with van der Waals surface area (Å²) in [4.78, 5) is 8.00. The molecule has 0 radical (unpaired) electrons. The molecule has 0 aromatic heterocycles. The van der Waals surface area contributed by atoms with Crippen molar-refractivity contribution < 1.29 is 4.48 Å². The van der Waals surface area contributed by atoms with Gasteiger partial charge in [-0.3, -0.25) is 0 Å². The number of nitrogens with zero attached hydrogens (tertiary/aromatic N) is 2. The Hall–Kier alpha value is -0.640. The molecule has 0 aromatic carbocycles. The van der Waals surface area contributed by atoms with Crippen molar-refractivity contribution in [1.82, 2.24) is 0 Å². The molecule has 0 saturated heterocycles. The van der Waals surface area contributed by atoms with E-state index in [0.717, 1.165) is 17.3 Å². The Morgan fingerprint density at radius 2 is 1.16 bits per heavy atom. The van der Waals surface area contributed by atoms with Gasteiger partial charge in [-0.2, -0.15) is 0 Å². The molecule has 0 rings (SSSR count). The summed E-state index contributed by atoms with van der Waals surface area (Å²) in [6.07, 6.45) is 13.9. The van der Waals surface area contributed by atoms with E-state index in [2.05, 4.69) is 41.5 Å². The van der Waals surface area contributed by atoms with Crippen LogP contribution >= 0.6 is 0 Å². The first-order valence-electron chi connectivity index (χ1n) is 10.8. The first-order chi connectivity index (χ1) is 12.0. The van der Waals surface area contributed by atoms with E-state index in [4.69, 9.17) is 10.1 Å². The van der Waals surface area contributed by atoms with E-state index in [1.807, 2.05) is 0 Å². The van der Waals surface area contributed by atoms with Crippen molar-refractivity contribution in [3.63, 3.8) is 0 Å². The number of quaternary nitrogens is 1. The van der Waals surface area contributed by atoms with Crippen LogP contribution in [0.2, 0.25) is 0 Å². The lowest BCUT2D eigenvalue weighted by Gasteiger charge is -2.46. The van der Waals surface area contributed by atoms with Crippen LogP contribution in [0.5, 0.6) is 0 Å². The molecule has 0 fully saturated rings. The largest absolute Gasteiger partial charge is 0.444 e. The molecule has 0 saturated carbocycles. The summed E-state index contributed by atoms with van der Waals surface area (Å²) in [5.74, 6) is 0.852. The van der Waals surface area contributed by atoms with Crippen LogP contribution in [0.1, 0.15) is 106 Å². The quantitative estimate of drug-likeness (QED) is 0.179. The molecule has 25 heavy (non-hydrogen) atoms. The second-order valence-electron chi connectivity index (χ2n) is 7.94. The van der Waals surface area contributed by atoms with Gasteiger partial charge in [0, 0.05) is 0 Å². The van der Waals surface area contributed by atoms with Crippen molar-refractivity contribution in [2.24, 2.45) is 11.3 Å². The molecule has 0 heterocycles. The molecule has 0 spiro atoms. The Balaban J connectivity index is 0. The second kappa shape index (κ2) is 18.2. The number of hydrogen-bond donors (Lipinski definition) is 0. The maximum atomic E-state index is 8.00. The van der Waals surface area contributed by atoms with Crippen LogP contribution in [0.3, 0.4) is 0 Å². The summed E-state index contributed by atoms with van der Waals surface area (Å²) in [6, 6.07) is 0.914. The van der Waals surface area contributed by atoms with Gasteiger partial charge in [0.25, 0.3) is 0 Å². The highest BCUT2D eigenvalue weighted by molar-refractivity contribution is 4.64. The summed E-state index contributed by atoms with van der Waals surface area (Å²) in [5, 5.41) is 9.00. The SMILES string of the molecule is CCCC[N+](CCCC)(CCCC)C(CCC)CCC(C)C.O=N[O-]. The zero-order valence-electron chi connectivity index (χ0n) is 18.1. The number of rotatable bonds is 15. The van der Waals surface area contributed by atoms with Gasteiger partial charge in [0.15, 0.2) is 0 Å². The van der Waals surface area contributed by atoms with E-state index in [0.29, 0.717) is 0 Å². The lowest BCUT2D eigenvalue weighted by Crippen LogP contribution is -2.57. The normalized spacial score (nSPS) is 12.6. The Labute approximate surface area is 157 Å². The van der Waals surface area contributed by atoms with Gasteiger partial charge in [-0.25, -0.2) is 0 Å². The molecule has 1 atom stereocenters. The fourth-order valence-electron chi connectivity index (χ4n) is 3.85. The first kappa shape index (κ1) is 26.6. The highest BCUT2D eigenvalue weighted by atomic mass is 16.6. The molecule has 0 amide bonds. The zero-order chi connectivity index (χ0) is 19.6. The standard InChI is InChI=1S/C21H46N.HNO2/c1-7-11-17-22(18-12-8-2,19-13-9-3)21(14-10-4)16-15-20(5)6;2-1-3/h20-21H,7-19H2,1-6H3;(H,2,3)/q+1;/p-1. The third-order valence-corrected chi connectivity index (χ3v) is 5.34. The van der Waals surface area contributed by atoms with Gasteiger partial charge < -0.3 is 14.6 Å². The molecule has 4 heteroatoms. The fraction of sp³-hybridized carbons (Fsp3) is 1.00. The summed E-state index contributed by atoms with van der Waals surface area (Å²) >= 11 is 0. The molecule has 1 unspecified atom stereocenters. The van der Waals surface area contributed by atoms with Crippen LogP contribution in [0.15, 0.2) is 5.34 Å². The Morgan fingerprint density at radius 3 is 1.44 bits per heavy atom. The molecular formula is C21H46N2O2. The van der Waals surface area contributed by atoms with Crippen LogP contribution < -0.4 is 0 Å². The smallest absolute Gasteiger partial charge is 0.0890 e. The van der Waals surface area contributed by atoms with Crippen molar-refractivity contribution in [3.05, 3.63) is 10.1 Å². The zero-order valence-corrected chi connectivity index (χ0v) is 18.1. The van der Waals surface area contributed by atoms with Crippen molar-refractivity contribution in [3.8, 4) is 0 Å². The monoisotopic (exact) mass is 358 g/mol. The molecule has 0 aliphatic heterocycles. The van der Waals surface area contributed by atoms with E-state index >= 15 is 0 Å². The van der Waals surface area contributed by atoms with Crippen LogP contribution in [0.25, 0.3) is 0 Å². The lowest BCUT2D eigenvalue weighted by atomic mass is 9.95. The van der Waals surface area contributed by atoms with Crippen LogP contribution in [0, 0.1) is 16.0 Å². The van der Waals surface area contributed by atoms with Gasteiger partial charge in [-0.15, -0.1) is 5.34 Å². The second-order valence-corrected chi connectivity index (χ2v) is 7.94. The first-order valence-corrected chi connectivity index (χ1v) is 10.8. The predicted molar refractivity (Wildman–Crippen MR) is 112 cm³/mol. The molecule has 4 nitrogen and oxygen atoms in total. The minimum absolute atomic E-state index is 0.852. The summed E-state index contributed by atoms with van der Waals surface area (Å²) in [7, 11) is 0.